The summed E-state index contributed by atoms with van der Waals surface area (Å²) in [6.07, 6.45) is 4.17. The fourth-order valence-electron chi connectivity index (χ4n) is 1.69. The zero-order valence-corrected chi connectivity index (χ0v) is 8.80. The minimum atomic E-state index is -0.104. The summed E-state index contributed by atoms with van der Waals surface area (Å²) in [6, 6.07) is 6.94. The first-order valence-electron chi connectivity index (χ1n) is 5.15. The Balaban J connectivity index is 1.87. The van der Waals surface area contributed by atoms with Crippen molar-refractivity contribution in [1.82, 2.24) is 0 Å². The van der Waals surface area contributed by atoms with Crippen LogP contribution in [0.3, 0.4) is 0 Å². The first-order valence-corrected chi connectivity index (χ1v) is 5.58. The molecule has 0 aromatic heterocycles. The van der Waals surface area contributed by atoms with Crippen molar-refractivity contribution < 1.29 is 4.39 Å². The minimum absolute atomic E-state index is 0.104. The van der Waals surface area contributed by atoms with Crippen LogP contribution in [0.5, 0.6) is 0 Å². The summed E-state index contributed by atoms with van der Waals surface area (Å²) < 4.78 is 13.2. The molecule has 1 saturated carbocycles. The van der Waals surface area contributed by atoms with Gasteiger partial charge < -0.3 is 0 Å². The minimum Gasteiger partial charge on any atom is -0.207 e. The third-order valence-electron chi connectivity index (χ3n) is 2.78. The first-order chi connectivity index (χ1) is 6.77. The number of halogens is 2. The van der Waals surface area contributed by atoms with E-state index >= 15 is 0 Å². The van der Waals surface area contributed by atoms with Crippen molar-refractivity contribution >= 4 is 11.6 Å². The Morgan fingerprint density at radius 2 is 2.07 bits per heavy atom. The Morgan fingerprint density at radius 1 is 1.36 bits per heavy atom. The summed E-state index contributed by atoms with van der Waals surface area (Å²) in [5.41, 5.74) is 0.791. The highest BCUT2D eigenvalue weighted by atomic mass is 35.5. The van der Waals surface area contributed by atoms with Gasteiger partial charge in [-0.05, 0) is 43.2 Å². The number of benzene rings is 1. The maximum absolute atomic E-state index is 13.2. The summed E-state index contributed by atoms with van der Waals surface area (Å²) in [4.78, 5) is 0. The van der Waals surface area contributed by atoms with Crippen molar-refractivity contribution in [2.75, 3.05) is 0 Å². The van der Waals surface area contributed by atoms with Crippen molar-refractivity contribution in [3.63, 3.8) is 0 Å². The molecule has 0 heterocycles. The lowest BCUT2D eigenvalue weighted by atomic mass is 10.1. The Bertz CT molecular complexity index is 307. The molecule has 2 rings (SSSR count). The van der Waals surface area contributed by atoms with Crippen LogP contribution >= 0.6 is 11.6 Å². The molecule has 0 spiro atoms. The predicted molar refractivity (Wildman–Crippen MR) is 57.1 cm³/mol. The second-order valence-corrected chi connectivity index (χ2v) is 4.54. The van der Waals surface area contributed by atoms with Crippen LogP contribution in [0.15, 0.2) is 24.3 Å². The molecule has 0 nitrogen and oxygen atoms in total. The summed E-state index contributed by atoms with van der Waals surface area (Å²) in [7, 11) is 0. The highest BCUT2D eigenvalue weighted by Gasteiger charge is 2.29. The molecule has 0 radical (unpaired) electrons. The average molecular weight is 213 g/mol. The summed E-state index contributed by atoms with van der Waals surface area (Å²) >= 11 is 6.16. The molecular weight excluding hydrogens is 199 g/mol. The SMILES string of the molecule is Fc1ccccc1CCC(Cl)C1CC1. The standard InChI is InChI=1S/C12H14ClF/c13-11(9-5-6-9)8-7-10-3-1-2-4-12(10)14/h1-4,9,11H,5-8H2. The van der Waals surface area contributed by atoms with E-state index in [0.29, 0.717) is 5.92 Å². The zero-order valence-electron chi connectivity index (χ0n) is 8.05. The summed E-state index contributed by atoms with van der Waals surface area (Å²) in [5, 5.41) is 0.245. The Morgan fingerprint density at radius 3 is 2.71 bits per heavy atom. The van der Waals surface area contributed by atoms with E-state index in [1.165, 1.54) is 18.9 Å². The van der Waals surface area contributed by atoms with Gasteiger partial charge in [0.2, 0.25) is 0 Å². The lowest BCUT2D eigenvalue weighted by molar-refractivity contribution is 0.594. The van der Waals surface area contributed by atoms with E-state index < -0.39 is 0 Å². The van der Waals surface area contributed by atoms with Gasteiger partial charge in [0.25, 0.3) is 0 Å². The van der Waals surface area contributed by atoms with Crippen LogP contribution in [0.4, 0.5) is 4.39 Å². The molecule has 0 bridgehead atoms. The lowest BCUT2D eigenvalue weighted by Crippen LogP contribution is -2.03. The van der Waals surface area contributed by atoms with Crippen molar-refractivity contribution in [1.29, 1.82) is 0 Å². The second-order valence-electron chi connectivity index (χ2n) is 3.98. The third-order valence-corrected chi connectivity index (χ3v) is 3.36. The molecular formula is C12H14ClF. The van der Waals surface area contributed by atoms with Gasteiger partial charge in [-0.25, -0.2) is 4.39 Å². The number of rotatable bonds is 4. The maximum Gasteiger partial charge on any atom is 0.126 e. The molecule has 1 fully saturated rings. The van der Waals surface area contributed by atoms with E-state index in [2.05, 4.69) is 0 Å². The van der Waals surface area contributed by atoms with E-state index in [1.807, 2.05) is 12.1 Å². The highest BCUT2D eigenvalue weighted by molar-refractivity contribution is 6.20. The third kappa shape index (κ3) is 2.48. The highest BCUT2D eigenvalue weighted by Crippen LogP contribution is 2.37. The van der Waals surface area contributed by atoms with E-state index in [4.69, 9.17) is 11.6 Å². The van der Waals surface area contributed by atoms with Crippen LogP contribution in [0.1, 0.15) is 24.8 Å². The summed E-state index contributed by atoms with van der Waals surface area (Å²) in [5.74, 6) is 0.593. The number of hydrogen-bond donors (Lipinski definition) is 0. The molecule has 0 N–H and O–H groups in total. The van der Waals surface area contributed by atoms with Gasteiger partial charge in [0.15, 0.2) is 0 Å². The first kappa shape index (κ1) is 9.97. The van der Waals surface area contributed by atoms with Crippen LogP contribution in [-0.2, 0) is 6.42 Å². The molecule has 1 aliphatic carbocycles. The molecule has 0 saturated heterocycles. The molecule has 0 aliphatic heterocycles. The fourth-order valence-corrected chi connectivity index (χ4v) is 2.05. The monoisotopic (exact) mass is 212 g/mol. The molecule has 76 valence electrons. The maximum atomic E-state index is 13.2. The quantitative estimate of drug-likeness (QED) is 0.667. The van der Waals surface area contributed by atoms with Crippen LogP contribution in [0, 0.1) is 11.7 Å². The van der Waals surface area contributed by atoms with Crippen molar-refractivity contribution in [3.8, 4) is 0 Å². The lowest BCUT2D eigenvalue weighted by Gasteiger charge is -2.07. The zero-order chi connectivity index (χ0) is 9.97. The van der Waals surface area contributed by atoms with Gasteiger partial charge in [0.05, 0.1) is 0 Å². The molecule has 1 aromatic rings. The fraction of sp³-hybridized carbons (Fsp3) is 0.500. The molecule has 1 atom stereocenters. The molecule has 1 aliphatic rings. The van der Waals surface area contributed by atoms with Crippen molar-refractivity contribution in [3.05, 3.63) is 35.6 Å². The normalized spacial score (nSPS) is 18.1. The van der Waals surface area contributed by atoms with Crippen LogP contribution in [0.2, 0.25) is 0 Å². The Kier molecular flexibility index (Phi) is 3.07. The van der Waals surface area contributed by atoms with Crippen molar-refractivity contribution in [2.24, 2.45) is 5.92 Å². The number of alkyl halides is 1. The van der Waals surface area contributed by atoms with Gasteiger partial charge >= 0.3 is 0 Å². The van der Waals surface area contributed by atoms with E-state index in [0.717, 1.165) is 18.4 Å². The van der Waals surface area contributed by atoms with Crippen molar-refractivity contribution in [2.45, 2.75) is 31.1 Å². The van der Waals surface area contributed by atoms with Gasteiger partial charge in [-0.3, -0.25) is 0 Å². The molecule has 1 aromatic carbocycles. The average Bonchev–Trinajstić information content (AvgIpc) is 2.99. The largest absolute Gasteiger partial charge is 0.207 e. The Labute approximate surface area is 89.1 Å². The van der Waals surface area contributed by atoms with Gasteiger partial charge in [-0.2, -0.15) is 0 Å². The molecule has 1 unspecified atom stereocenters. The predicted octanol–water partition coefficient (Wildman–Crippen LogP) is 3.78. The molecule has 2 heteroatoms. The van der Waals surface area contributed by atoms with Crippen LogP contribution in [-0.4, -0.2) is 5.38 Å². The number of hydrogen-bond acceptors (Lipinski definition) is 0. The van der Waals surface area contributed by atoms with Gasteiger partial charge in [-0.1, -0.05) is 18.2 Å². The molecule has 14 heavy (non-hydrogen) atoms. The topological polar surface area (TPSA) is 0 Å². The Hall–Kier alpha value is -0.560. The van der Waals surface area contributed by atoms with Crippen LogP contribution < -0.4 is 0 Å². The van der Waals surface area contributed by atoms with E-state index in [1.54, 1.807) is 6.07 Å². The second kappa shape index (κ2) is 4.31. The van der Waals surface area contributed by atoms with Gasteiger partial charge in [-0.15, -0.1) is 11.6 Å². The molecule has 0 amide bonds. The van der Waals surface area contributed by atoms with Gasteiger partial charge in [0.1, 0.15) is 5.82 Å². The smallest absolute Gasteiger partial charge is 0.126 e. The van der Waals surface area contributed by atoms with E-state index in [-0.39, 0.29) is 11.2 Å². The number of aryl methyl sites for hydroxylation is 1. The van der Waals surface area contributed by atoms with Crippen LogP contribution in [0.25, 0.3) is 0 Å². The van der Waals surface area contributed by atoms with E-state index in [9.17, 15) is 4.39 Å². The van der Waals surface area contributed by atoms with Gasteiger partial charge in [0, 0.05) is 5.38 Å². The summed E-state index contributed by atoms with van der Waals surface area (Å²) in [6.45, 7) is 0.